The van der Waals surface area contributed by atoms with Crippen molar-refractivity contribution in [1.82, 2.24) is 9.78 Å². The van der Waals surface area contributed by atoms with Gasteiger partial charge in [0.1, 0.15) is 0 Å². The van der Waals surface area contributed by atoms with Crippen molar-refractivity contribution in [3.8, 4) is 0 Å². The first-order valence-corrected chi connectivity index (χ1v) is 5.59. The Balaban J connectivity index is 1.99. The summed E-state index contributed by atoms with van der Waals surface area (Å²) in [5, 5.41) is 7.70. The normalized spacial score (nSPS) is 10.4. The zero-order valence-corrected chi connectivity index (χ0v) is 9.77. The van der Waals surface area contributed by atoms with Crippen molar-refractivity contribution in [2.24, 2.45) is 7.05 Å². The minimum atomic E-state index is 0.772. The highest BCUT2D eigenvalue weighted by Crippen LogP contribution is 2.11. The Morgan fingerprint density at radius 3 is 2.88 bits per heavy atom. The first-order chi connectivity index (χ1) is 7.78. The maximum absolute atomic E-state index is 4.32. The number of hydrogen-bond acceptors (Lipinski definition) is 2. The smallest absolute Gasteiger partial charge is 0.0815 e. The molecule has 84 valence electrons. The molecule has 1 aromatic heterocycles. The van der Waals surface area contributed by atoms with Crippen LogP contribution in [0.4, 0.5) is 5.69 Å². The fourth-order valence-corrected chi connectivity index (χ4v) is 1.65. The van der Waals surface area contributed by atoms with E-state index in [-0.39, 0.29) is 0 Å². The average molecular weight is 215 g/mol. The van der Waals surface area contributed by atoms with Gasteiger partial charge in [0.05, 0.1) is 12.2 Å². The van der Waals surface area contributed by atoms with Crippen LogP contribution in [0.3, 0.4) is 0 Å². The number of nitrogens with zero attached hydrogens (tertiary/aromatic N) is 2. The van der Waals surface area contributed by atoms with Gasteiger partial charge < -0.3 is 5.32 Å². The third-order valence-electron chi connectivity index (χ3n) is 2.58. The second kappa shape index (κ2) is 4.84. The summed E-state index contributed by atoms with van der Waals surface area (Å²) in [4.78, 5) is 0. The van der Waals surface area contributed by atoms with Crippen LogP contribution in [-0.4, -0.2) is 9.78 Å². The lowest BCUT2D eigenvalue weighted by atomic mass is 10.1. The number of nitrogens with one attached hydrogen (secondary N) is 1. The maximum atomic E-state index is 4.32. The van der Waals surface area contributed by atoms with Gasteiger partial charge in [0, 0.05) is 18.9 Å². The molecule has 0 amide bonds. The summed E-state index contributed by atoms with van der Waals surface area (Å²) in [6.07, 6.45) is 3.03. The van der Waals surface area contributed by atoms with E-state index < -0.39 is 0 Å². The minimum absolute atomic E-state index is 0.772. The molecule has 16 heavy (non-hydrogen) atoms. The molecule has 0 aliphatic rings. The van der Waals surface area contributed by atoms with Gasteiger partial charge in [-0.25, -0.2) is 0 Å². The van der Waals surface area contributed by atoms with Crippen LogP contribution < -0.4 is 5.32 Å². The van der Waals surface area contributed by atoms with Crippen LogP contribution in [0.25, 0.3) is 0 Å². The van der Waals surface area contributed by atoms with Crippen molar-refractivity contribution in [2.45, 2.75) is 19.9 Å². The standard InChI is InChI=1S/C13H17N3/c1-3-11-5-4-6-12(9-11)14-10-13-7-8-16(2)15-13/h4-9,14H,3,10H2,1-2H3. The van der Waals surface area contributed by atoms with Crippen molar-refractivity contribution < 1.29 is 0 Å². The lowest BCUT2D eigenvalue weighted by Gasteiger charge is -2.05. The lowest BCUT2D eigenvalue weighted by Crippen LogP contribution is -2.01. The molecule has 0 aliphatic carbocycles. The molecule has 0 saturated carbocycles. The fourth-order valence-electron chi connectivity index (χ4n) is 1.65. The van der Waals surface area contributed by atoms with Crippen molar-refractivity contribution in [2.75, 3.05) is 5.32 Å². The van der Waals surface area contributed by atoms with Gasteiger partial charge >= 0.3 is 0 Å². The molecule has 0 atom stereocenters. The van der Waals surface area contributed by atoms with E-state index in [2.05, 4.69) is 41.6 Å². The van der Waals surface area contributed by atoms with Crippen molar-refractivity contribution >= 4 is 5.69 Å². The van der Waals surface area contributed by atoms with E-state index in [1.54, 1.807) is 0 Å². The fraction of sp³-hybridized carbons (Fsp3) is 0.308. The molecule has 2 aromatic rings. The van der Waals surface area contributed by atoms with E-state index in [4.69, 9.17) is 0 Å². The molecule has 0 aliphatic heterocycles. The monoisotopic (exact) mass is 215 g/mol. The van der Waals surface area contributed by atoms with E-state index in [1.165, 1.54) is 5.56 Å². The molecule has 2 rings (SSSR count). The maximum Gasteiger partial charge on any atom is 0.0815 e. The Kier molecular flexibility index (Phi) is 3.25. The van der Waals surface area contributed by atoms with Crippen LogP contribution in [-0.2, 0) is 20.0 Å². The molecule has 0 spiro atoms. The Hall–Kier alpha value is -1.77. The SMILES string of the molecule is CCc1cccc(NCc2ccn(C)n2)c1. The number of rotatable bonds is 4. The van der Waals surface area contributed by atoms with Gasteiger partial charge in [0.25, 0.3) is 0 Å². The Labute approximate surface area is 96.1 Å². The van der Waals surface area contributed by atoms with Crippen molar-refractivity contribution in [1.29, 1.82) is 0 Å². The van der Waals surface area contributed by atoms with Crippen LogP contribution in [0, 0.1) is 0 Å². The molecule has 0 saturated heterocycles. The summed E-state index contributed by atoms with van der Waals surface area (Å²) in [6.45, 7) is 2.94. The largest absolute Gasteiger partial charge is 0.379 e. The molecule has 1 N–H and O–H groups in total. The molecule has 3 heteroatoms. The van der Waals surface area contributed by atoms with Gasteiger partial charge in [0.2, 0.25) is 0 Å². The summed E-state index contributed by atoms with van der Waals surface area (Å²) >= 11 is 0. The highest BCUT2D eigenvalue weighted by Gasteiger charge is 1.97. The van der Waals surface area contributed by atoms with Gasteiger partial charge in [-0.1, -0.05) is 19.1 Å². The number of aryl methyl sites for hydroxylation is 2. The molecule has 0 bridgehead atoms. The zero-order valence-electron chi connectivity index (χ0n) is 9.77. The quantitative estimate of drug-likeness (QED) is 0.849. The Bertz CT molecular complexity index is 460. The Morgan fingerprint density at radius 1 is 1.31 bits per heavy atom. The predicted octanol–water partition coefficient (Wildman–Crippen LogP) is 2.59. The van der Waals surface area contributed by atoms with Crippen molar-refractivity contribution in [3.05, 3.63) is 47.8 Å². The Morgan fingerprint density at radius 2 is 2.19 bits per heavy atom. The third kappa shape index (κ3) is 2.63. The summed E-state index contributed by atoms with van der Waals surface area (Å²) < 4.78 is 1.82. The number of hydrogen-bond donors (Lipinski definition) is 1. The van der Waals surface area contributed by atoms with Gasteiger partial charge in [-0.05, 0) is 30.2 Å². The van der Waals surface area contributed by atoms with E-state index in [1.807, 2.05) is 24.0 Å². The molecule has 0 unspecified atom stereocenters. The molecule has 1 aromatic carbocycles. The first-order valence-electron chi connectivity index (χ1n) is 5.59. The van der Waals surface area contributed by atoms with E-state index in [9.17, 15) is 0 Å². The predicted molar refractivity (Wildman–Crippen MR) is 66.4 cm³/mol. The summed E-state index contributed by atoms with van der Waals surface area (Å²) in [5.41, 5.74) is 3.57. The summed E-state index contributed by atoms with van der Waals surface area (Å²) in [7, 11) is 1.93. The van der Waals surface area contributed by atoms with Crippen LogP contribution >= 0.6 is 0 Å². The third-order valence-corrected chi connectivity index (χ3v) is 2.58. The molecule has 0 radical (unpaired) electrons. The topological polar surface area (TPSA) is 29.9 Å². The summed E-state index contributed by atoms with van der Waals surface area (Å²) in [5.74, 6) is 0. The van der Waals surface area contributed by atoms with Crippen LogP contribution in [0.2, 0.25) is 0 Å². The van der Waals surface area contributed by atoms with Crippen LogP contribution in [0.5, 0.6) is 0 Å². The number of benzene rings is 1. The van der Waals surface area contributed by atoms with E-state index >= 15 is 0 Å². The molecule has 0 fully saturated rings. The van der Waals surface area contributed by atoms with E-state index in [0.717, 1.165) is 24.3 Å². The van der Waals surface area contributed by atoms with Gasteiger partial charge in [-0.3, -0.25) is 4.68 Å². The highest BCUT2D eigenvalue weighted by atomic mass is 15.3. The highest BCUT2D eigenvalue weighted by molar-refractivity contribution is 5.45. The van der Waals surface area contributed by atoms with Crippen LogP contribution in [0.1, 0.15) is 18.2 Å². The molecule has 3 nitrogen and oxygen atoms in total. The molecule has 1 heterocycles. The number of anilines is 1. The van der Waals surface area contributed by atoms with Crippen LogP contribution in [0.15, 0.2) is 36.5 Å². The zero-order chi connectivity index (χ0) is 11.4. The van der Waals surface area contributed by atoms with Gasteiger partial charge in [-0.2, -0.15) is 5.10 Å². The second-order valence-electron chi connectivity index (χ2n) is 3.89. The molecular formula is C13H17N3. The first kappa shape index (κ1) is 10.7. The number of aromatic nitrogens is 2. The second-order valence-corrected chi connectivity index (χ2v) is 3.89. The summed E-state index contributed by atoms with van der Waals surface area (Å²) in [6, 6.07) is 10.5. The average Bonchev–Trinajstić information content (AvgIpc) is 2.73. The van der Waals surface area contributed by atoms with E-state index in [0.29, 0.717) is 0 Å². The lowest BCUT2D eigenvalue weighted by molar-refractivity contribution is 0.747. The van der Waals surface area contributed by atoms with Crippen molar-refractivity contribution in [3.63, 3.8) is 0 Å². The van der Waals surface area contributed by atoms with Gasteiger partial charge in [0.15, 0.2) is 0 Å². The molecular weight excluding hydrogens is 198 g/mol. The minimum Gasteiger partial charge on any atom is -0.379 e. The van der Waals surface area contributed by atoms with Gasteiger partial charge in [-0.15, -0.1) is 0 Å².